The number of nitrogens with zero attached hydrogens (tertiary/aromatic N) is 4. The van der Waals surface area contributed by atoms with E-state index in [4.69, 9.17) is 0 Å². The van der Waals surface area contributed by atoms with Crippen molar-refractivity contribution in [3.63, 3.8) is 0 Å². The van der Waals surface area contributed by atoms with E-state index >= 15 is 0 Å². The van der Waals surface area contributed by atoms with Crippen LogP contribution >= 0.6 is 0 Å². The van der Waals surface area contributed by atoms with Crippen molar-refractivity contribution in [1.29, 1.82) is 0 Å². The highest BCUT2D eigenvalue weighted by atomic mass is 32.2. The van der Waals surface area contributed by atoms with Gasteiger partial charge in [-0.25, -0.2) is 18.4 Å². The lowest BCUT2D eigenvalue weighted by molar-refractivity contribution is 0.602. The van der Waals surface area contributed by atoms with Gasteiger partial charge in [-0.2, -0.15) is 10.1 Å². The summed E-state index contributed by atoms with van der Waals surface area (Å²) in [6.45, 7) is 1.96. The van der Waals surface area contributed by atoms with Crippen LogP contribution in [0.15, 0.2) is 53.7 Å². The van der Waals surface area contributed by atoms with Crippen LogP contribution in [0.2, 0.25) is 0 Å². The van der Waals surface area contributed by atoms with Crippen molar-refractivity contribution < 1.29 is 8.42 Å². The van der Waals surface area contributed by atoms with E-state index in [0.717, 1.165) is 10.9 Å². The molecule has 0 atom stereocenters. The largest absolute Gasteiger partial charge is 0.325 e. The minimum atomic E-state index is -3.29. The van der Waals surface area contributed by atoms with Crippen LogP contribution in [0.25, 0.3) is 11.0 Å². The zero-order chi connectivity index (χ0) is 19.7. The predicted octanol–water partition coefficient (Wildman–Crippen LogP) is 2.95. The van der Waals surface area contributed by atoms with Crippen molar-refractivity contribution in [3.05, 3.63) is 54.4 Å². The third-order valence-corrected chi connectivity index (χ3v) is 5.08. The third-order valence-electron chi connectivity index (χ3n) is 3.97. The average molecular weight is 395 g/mol. The van der Waals surface area contributed by atoms with Crippen LogP contribution in [0.4, 0.5) is 23.3 Å². The molecule has 10 heteroatoms. The Morgan fingerprint density at radius 3 is 2.75 bits per heavy atom. The summed E-state index contributed by atoms with van der Waals surface area (Å²) in [7, 11) is -3.29. The molecule has 4 aromatic rings. The molecule has 9 nitrogen and oxygen atoms in total. The first-order chi connectivity index (χ1) is 13.4. The minimum absolute atomic E-state index is 0.221. The summed E-state index contributed by atoms with van der Waals surface area (Å²) in [4.78, 5) is 13.1. The fraction of sp³-hybridized carbons (Fsp3) is 0.111. The van der Waals surface area contributed by atoms with Crippen molar-refractivity contribution in [2.45, 2.75) is 11.8 Å². The van der Waals surface area contributed by atoms with E-state index in [1.165, 1.54) is 12.3 Å². The zero-order valence-corrected chi connectivity index (χ0v) is 15.9. The summed E-state index contributed by atoms with van der Waals surface area (Å²) in [5, 5.41) is 14.1. The Balaban J connectivity index is 1.59. The maximum Gasteiger partial charge on any atom is 0.229 e. The van der Waals surface area contributed by atoms with E-state index in [1.54, 1.807) is 36.7 Å². The summed E-state index contributed by atoms with van der Waals surface area (Å²) >= 11 is 0. The number of anilines is 4. The highest BCUT2D eigenvalue weighted by Crippen LogP contribution is 2.23. The first kappa shape index (κ1) is 17.9. The van der Waals surface area contributed by atoms with E-state index in [0.29, 0.717) is 28.9 Å². The Labute approximate surface area is 161 Å². The Morgan fingerprint density at radius 2 is 1.93 bits per heavy atom. The van der Waals surface area contributed by atoms with Crippen LogP contribution in [-0.4, -0.2) is 39.8 Å². The second-order valence-corrected chi connectivity index (χ2v) is 8.31. The number of nitrogens with one attached hydrogen (secondary N) is 3. The number of hydrogen-bond acceptors (Lipinski definition) is 8. The van der Waals surface area contributed by atoms with E-state index in [2.05, 4.69) is 35.8 Å². The molecule has 3 aromatic heterocycles. The van der Waals surface area contributed by atoms with Gasteiger partial charge in [-0.3, -0.25) is 5.10 Å². The lowest BCUT2D eigenvalue weighted by Crippen LogP contribution is -2.02. The SMILES string of the molecule is Cc1cnc2n[nH]c(Nc3ccnc(Nc4cccc(S(C)(=O)=O)c4)n3)c2c1. The number of fused-ring (bicyclic) bond motifs is 1. The maximum absolute atomic E-state index is 11.7. The molecule has 0 saturated heterocycles. The van der Waals surface area contributed by atoms with Gasteiger partial charge >= 0.3 is 0 Å². The van der Waals surface area contributed by atoms with Crippen molar-refractivity contribution in [2.24, 2.45) is 0 Å². The topological polar surface area (TPSA) is 126 Å². The summed E-state index contributed by atoms with van der Waals surface area (Å²) in [5.74, 6) is 1.55. The minimum Gasteiger partial charge on any atom is -0.325 e. The number of H-pyrrole nitrogens is 1. The molecule has 0 aliphatic rings. The second-order valence-electron chi connectivity index (χ2n) is 6.30. The lowest BCUT2D eigenvalue weighted by atomic mass is 10.2. The molecular formula is C18H17N7O2S. The van der Waals surface area contributed by atoms with Gasteiger partial charge in [0.05, 0.1) is 10.3 Å². The third kappa shape index (κ3) is 3.76. The molecule has 0 fully saturated rings. The molecule has 3 heterocycles. The van der Waals surface area contributed by atoms with Crippen LogP contribution in [0, 0.1) is 6.92 Å². The van der Waals surface area contributed by atoms with Crippen LogP contribution in [0.5, 0.6) is 0 Å². The quantitative estimate of drug-likeness (QED) is 0.471. The number of aryl methyl sites for hydroxylation is 1. The molecular weight excluding hydrogens is 378 g/mol. The Bertz CT molecular complexity index is 1270. The smallest absolute Gasteiger partial charge is 0.229 e. The summed E-state index contributed by atoms with van der Waals surface area (Å²) in [6, 6.07) is 10.2. The average Bonchev–Trinajstić information content (AvgIpc) is 3.03. The van der Waals surface area contributed by atoms with Crippen LogP contribution in [-0.2, 0) is 9.84 Å². The summed E-state index contributed by atoms with van der Waals surface area (Å²) < 4.78 is 23.4. The molecule has 142 valence electrons. The normalized spacial score (nSPS) is 11.5. The molecule has 0 aliphatic heterocycles. The van der Waals surface area contributed by atoms with Gasteiger partial charge in [-0.15, -0.1) is 0 Å². The second kappa shape index (κ2) is 6.89. The summed E-state index contributed by atoms with van der Waals surface area (Å²) in [5.41, 5.74) is 2.21. The van der Waals surface area contributed by atoms with Gasteiger partial charge in [-0.1, -0.05) is 6.07 Å². The molecule has 3 N–H and O–H groups in total. The summed E-state index contributed by atoms with van der Waals surface area (Å²) in [6.07, 6.45) is 4.52. The van der Waals surface area contributed by atoms with E-state index in [9.17, 15) is 8.42 Å². The molecule has 0 saturated carbocycles. The number of pyridine rings is 1. The molecule has 4 rings (SSSR count). The van der Waals surface area contributed by atoms with Gasteiger partial charge in [0.2, 0.25) is 5.95 Å². The first-order valence-corrected chi connectivity index (χ1v) is 10.3. The van der Waals surface area contributed by atoms with Gasteiger partial charge in [0, 0.05) is 24.3 Å². The van der Waals surface area contributed by atoms with E-state index in [-0.39, 0.29) is 4.90 Å². The van der Waals surface area contributed by atoms with Gasteiger partial charge in [0.15, 0.2) is 15.5 Å². The van der Waals surface area contributed by atoms with Crippen LogP contribution < -0.4 is 10.6 Å². The molecule has 0 amide bonds. The number of sulfone groups is 1. The number of aromatic amines is 1. The van der Waals surface area contributed by atoms with Crippen molar-refractivity contribution in [1.82, 2.24) is 25.1 Å². The van der Waals surface area contributed by atoms with Gasteiger partial charge in [0.25, 0.3) is 0 Å². The molecule has 0 aliphatic carbocycles. The van der Waals surface area contributed by atoms with Crippen molar-refractivity contribution in [3.8, 4) is 0 Å². The number of benzene rings is 1. The van der Waals surface area contributed by atoms with Gasteiger partial charge in [-0.05, 0) is 42.8 Å². The number of rotatable bonds is 5. The fourth-order valence-electron chi connectivity index (χ4n) is 2.65. The lowest BCUT2D eigenvalue weighted by Gasteiger charge is -2.08. The predicted molar refractivity (Wildman–Crippen MR) is 107 cm³/mol. The fourth-order valence-corrected chi connectivity index (χ4v) is 3.32. The molecule has 0 unspecified atom stereocenters. The van der Waals surface area contributed by atoms with Crippen LogP contribution in [0.1, 0.15) is 5.56 Å². The molecule has 0 spiro atoms. The van der Waals surface area contributed by atoms with E-state index in [1.807, 2.05) is 13.0 Å². The monoisotopic (exact) mass is 395 g/mol. The van der Waals surface area contributed by atoms with Crippen molar-refractivity contribution >= 4 is 44.1 Å². The molecule has 28 heavy (non-hydrogen) atoms. The Hall–Kier alpha value is -3.53. The highest BCUT2D eigenvalue weighted by Gasteiger charge is 2.10. The molecule has 0 bridgehead atoms. The number of aromatic nitrogens is 5. The van der Waals surface area contributed by atoms with Crippen molar-refractivity contribution in [2.75, 3.05) is 16.9 Å². The van der Waals surface area contributed by atoms with Gasteiger partial charge < -0.3 is 10.6 Å². The Kier molecular flexibility index (Phi) is 4.40. The Morgan fingerprint density at radius 1 is 1.07 bits per heavy atom. The van der Waals surface area contributed by atoms with Gasteiger partial charge in [0.1, 0.15) is 11.6 Å². The molecule has 1 aromatic carbocycles. The standard InChI is InChI=1S/C18H17N7O2S/c1-11-8-14-16(20-10-11)24-25-17(14)22-15-6-7-19-18(23-15)21-12-4-3-5-13(9-12)28(2,26)27/h3-10H,1-2H3,(H3,19,20,21,22,23,24,25). The molecule has 0 radical (unpaired) electrons. The van der Waals surface area contributed by atoms with Crippen LogP contribution in [0.3, 0.4) is 0 Å². The van der Waals surface area contributed by atoms with E-state index < -0.39 is 9.84 Å². The first-order valence-electron chi connectivity index (χ1n) is 8.36. The maximum atomic E-state index is 11.7. The number of hydrogen-bond donors (Lipinski definition) is 3. The zero-order valence-electron chi connectivity index (χ0n) is 15.1. The highest BCUT2D eigenvalue weighted by molar-refractivity contribution is 7.90.